The third kappa shape index (κ3) is 3.82. The number of hydrogen-bond acceptors (Lipinski definition) is 2. The second-order valence-corrected chi connectivity index (χ2v) is 5.75. The summed E-state index contributed by atoms with van der Waals surface area (Å²) in [7, 11) is 0. The molecule has 1 aliphatic rings. The van der Waals surface area contributed by atoms with E-state index in [2.05, 4.69) is 23.6 Å². The molecule has 0 saturated carbocycles. The largest absolute Gasteiger partial charge is 0.271 e. The summed E-state index contributed by atoms with van der Waals surface area (Å²) < 4.78 is 0. The third-order valence-corrected chi connectivity index (χ3v) is 4.30. The molecule has 1 atom stereocenters. The summed E-state index contributed by atoms with van der Waals surface area (Å²) in [5.74, 6) is 5.79. The molecule has 0 amide bonds. The molecule has 0 fully saturated rings. The summed E-state index contributed by atoms with van der Waals surface area (Å²) in [5.41, 5.74) is 6.70. The van der Waals surface area contributed by atoms with E-state index in [1.807, 2.05) is 13.0 Å². The Hall–Kier alpha value is -0.830. The molecule has 0 aromatic heterocycles. The highest BCUT2D eigenvalue weighted by Crippen LogP contribution is 2.30. The number of nitrogens with one attached hydrogen (secondary N) is 1. The number of aryl methyl sites for hydroxylation is 1. The Labute approximate surface area is 121 Å². The first-order valence-electron chi connectivity index (χ1n) is 7.13. The standard InChI is InChI=1S/C16H23ClN2/c1-12-11-14(9-10-15(12)17)16(19-18)13-7-5-3-2-4-6-8-13/h7,9-11,16,19H,2-6,8,18H2,1H3/b13-7+. The Bertz CT molecular complexity index is 454. The Kier molecular flexibility index (Phi) is 5.44. The molecule has 0 heterocycles. The van der Waals surface area contributed by atoms with Crippen LogP contribution in [0.3, 0.4) is 0 Å². The van der Waals surface area contributed by atoms with E-state index in [0.29, 0.717) is 0 Å². The first kappa shape index (κ1) is 14.6. The maximum Gasteiger partial charge on any atom is 0.0670 e. The maximum absolute atomic E-state index is 6.10. The summed E-state index contributed by atoms with van der Waals surface area (Å²) in [6.07, 6.45) is 9.90. The van der Waals surface area contributed by atoms with E-state index in [9.17, 15) is 0 Å². The first-order chi connectivity index (χ1) is 9.22. The van der Waals surface area contributed by atoms with E-state index in [-0.39, 0.29) is 6.04 Å². The molecule has 104 valence electrons. The molecular formula is C16H23ClN2. The van der Waals surface area contributed by atoms with Crippen LogP contribution < -0.4 is 11.3 Å². The number of rotatable bonds is 3. The van der Waals surface area contributed by atoms with Gasteiger partial charge in [0.25, 0.3) is 0 Å². The van der Waals surface area contributed by atoms with Gasteiger partial charge in [0.1, 0.15) is 0 Å². The molecule has 0 spiro atoms. The number of allylic oxidation sites excluding steroid dienone is 1. The molecule has 2 nitrogen and oxygen atoms in total. The number of nitrogens with two attached hydrogens (primary N) is 1. The predicted molar refractivity (Wildman–Crippen MR) is 82.0 cm³/mol. The molecule has 0 aliphatic heterocycles. The van der Waals surface area contributed by atoms with Gasteiger partial charge in [-0.25, -0.2) is 5.43 Å². The Balaban J connectivity index is 2.24. The third-order valence-electron chi connectivity index (χ3n) is 3.88. The van der Waals surface area contributed by atoms with Crippen molar-refractivity contribution < 1.29 is 0 Å². The molecule has 0 bridgehead atoms. The molecule has 2 rings (SSSR count). The highest BCUT2D eigenvalue weighted by molar-refractivity contribution is 6.31. The summed E-state index contributed by atoms with van der Waals surface area (Å²) in [6, 6.07) is 6.28. The SMILES string of the molecule is Cc1cc(C(NN)/C2=C/CCCCCC2)ccc1Cl. The molecule has 0 radical (unpaired) electrons. The minimum absolute atomic E-state index is 0.120. The van der Waals surface area contributed by atoms with Gasteiger partial charge in [-0.3, -0.25) is 5.84 Å². The lowest BCUT2D eigenvalue weighted by Gasteiger charge is -2.22. The smallest absolute Gasteiger partial charge is 0.0670 e. The van der Waals surface area contributed by atoms with E-state index in [1.165, 1.54) is 43.2 Å². The Morgan fingerprint density at radius 3 is 2.74 bits per heavy atom. The van der Waals surface area contributed by atoms with Crippen LogP contribution in [0, 0.1) is 6.92 Å². The van der Waals surface area contributed by atoms with E-state index in [0.717, 1.165) is 17.0 Å². The quantitative estimate of drug-likeness (QED) is 0.487. The van der Waals surface area contributed by atoms with Crippen molar-refractivity contribution in [2.75, 3.05) is 0 Å². The van der Waals surface area contributed by atoms with Gasteiger partial charge >= 0.3 is 0 Å². The van der Waals surface area contributed by atoms with Gasteiger partial charge in [-0.05, 0) is 49.8 Å². The second kappa shape index (κ2) is 7.09. The number of halogens is 1. The van der Waals surface area contributed by atoms with Crippen LogP contribution in [-0.4, -0.2) is 0 Å². The highest BCUT2D eigenvalue weighted by atomic mass is 35.5. The molecular weight excluding hydrogens is 256 g/mol. The van der Waals surface area contributed by atoms with Crippen molar-refractivity contribution in [3.63, 3.8) is 0 Å². The van der Waals surface area contributed by atoms with Crippen LogP contribution in [0.1, 0.15) is 55.7 Å². The molecule has 0 saturated heterocycles. The van der Waals surface area contributed by atoms with Gasteiger partial charge < -0.3 is 0 Å². The lowest BCUT2D eigenvalue weighted by atomic mass is 9.91. The van der Waals surface area contributed by atoms with Crippen LogP contribution in [-0.2, 0) is 0 Å². The summed E-state index contributed by atoms with van der Waals surface area (Å²) >= 11 is 6.10. The number of benzene rings is 1. The van der Waals surface area contributed by atoms with Crippen molar-refractivity contribution in [2.24, 2.45) is 5.84 Å². The zero-order chi connectivity index (χ0) is 13.7. The van der Waals surface area contributed by atoms with Crippen molar-refractivity contribution >= 4 is 11.6 Å². The van der Waals surface area contributed by atoms with Crippen molar-refractivity contribution in [1.29, 1.82) is 0 Å². The molecule has 3 N–H and O–H groups in total. The summed E-state index contributed by atoms with van der Waals surface area (Å²) in [5, 5.41) is 0.811. The van der Waals surface area contributed by atoms with Crippen LogP contribution in [0.2, 0.25) is 5.02 Å². The zero-order valence-electron chi connectivity index (χ0n) is 11.6. The molecule has 1 unspecified atom stereocenters. The van der Waals surface area contributed by atoms with E-state index in [1.54, 1.807) is 0 Å². The van der Waals surface area contributed by atoms with E-state index in [4.69, 9.17) is 17.4 Å². The van der Waals surface area contributed by atoms with E-state index >= 15 is 0 Å². The number of hydrazine groups is 1. The average molecular weight is 279 g/mol. The van der Waals surface area contributed by atoms with Gasteiger partial charge in [0.05, 0.1) is 6.04 Å². The maximum atomic E-state index is 6.10. The highest BCUT2D eigenvalue weighted by Gasteiger charge is 2.16. The lowest BCUT2D eigenvalue weighted by molar-refractivity contribution is 0.555. The van der Waals surface area contributed by atoms with Crippen LogP contribution in [0.15, 0.2) is 29.8 Å². The average Bonchev–Trinajstić information content (AvgIpc) is 2.36. The van der Waals surface area contributed by atoms with Gasteiger partial charge in [-0.2, -0.15) is 0 Å². The minimum Gasteiger partial charge on any atom is -0.271 e. The van der Waals surface area contributed by atoms with Gasteiger partial charge in [0, 0.05) is 5.02 Å². The number of hydrogen-bond donors (Lipinski definition) is 2. The van der Waals surface area contributed by atoms with Crippen molar-refractivity contribution in [3.8, 4) is 0 Å². The van der Waals surface area contributed by atoms with Gasteiger partial charge in [-0.15, -0.1) is 0 Å². The fraction of sp³-hybridized carbons (Fsp3) is 0.500. The van der Waals surface area contributed by atoms with Crippen LogP contribution in [0.25, 0.3) is 0 Å². The summed E-state index contributed by atoms with van der Waals surface area (Å²) in [4.78, 5) is 0. The zero-order valence-corrected chi connectivity index (χ0v) is 12.3. The lowest BCUT2D eigenvalue weighted by Crippen LogP contribution is -2.29. The Morgan fingerprint density at radius 2 is 2.00 bits per heavy atom. The van der Waals surface area contributed by atoms with Crippen molar-refractivity contribution in [2.45, 2.75) is 51.5 Å². The van der Waals surface area contributed by atoms with Crippen molar-refractivity contribution in [3.05, 3.63) is 46.0 Å². The van der Waals surface area contributed by atoms with Gasteiger partial charge in [0.2, 0.25) is 0 Å². The van der Waals surface area contributed by atoms with Gasteiger partial charge in [0.15, 0.2) is 0 Å². The topological polar surface area (TPSA) is 38.0 Å². The minimum atomic E-state index is 0.120. The monoisotopic (exact) mass is 278 g/mol. The van der Waals surface area contributed by atoms with Crippen LogP contribution in [0.4, 0.5) is 0 Å². The molecule has 1 aromatic rings. The fourth-order valence-corrected chi connectivity index (χ4v) is 2.86. The predicted octanol–water partition coefficient (Wildman–Crippen LogP) is 4.43. The van der Waals surface area contributed by atoms with Gasteiger partial charge in [-0.1, -0.05) is 48.2 Å². The second-order valence-electron chi connectivity index (χ2n) is 5.34. The van der Waals surface area contributed by atoms with E-state index < -0.39 is 0 Å². The molecule has 19 heavy (non-hydrogen) atoms. The first-order valence-corrected chi connectivity index (χ1v) is 7.51. The van der Waals surface area contributed by atoms with Crippen molar-refractivity contribution in [1.82, 2.24) is 5.43 Å². The molecule has 1 aromatic carbocycles. The van der Waals surface area contributed by atoms with Crippen LogP contribution >= 0.6 is 11.6 Å². The molecule has 1 aliphatic carbocycles. The Morgan fingerprint density at radius 1 is 1.21 bits per heavy atom. The summed E-state index contributed by atoms with van der Waals surface area (Å²) in [6.45, 7) is 2.03. The fourth-order valence-electron chi connectivity index (χ4n) is 2.74. The normalized spacial score (nSPS) is 21.1. The molecule has 3 heteroatoms. The van der Waals surface area contributed by atoms with Crippen LogP contribution in [0.5, 0.6) is 0 Å².